The average molecular weight is 618 g/mol. The molecule has 0 aliphatic heterocycles. The molecule has 1 atom stereocenters. The van der Waals surface area contributed by atoms with Crippen LogP contribution in [0.25, 0.3) is 21.7 Å². The molecule has 0 bridgehead atoms. The van der Waals surface area contributed by atoms with Gasteiger partial charge in [0.1, 0.15) is 24.0 Å². The lowest BCUT2D eigenvalue weighted by Gasteiger charge is -2.24. The average Bonchev–Trinajstić information content (AvgIpc) is 2.77. The van der Waals surface area contributed by atoms with E-state index in [0.717, 1.165) is 0 Å². The molecule has 1 amide bonds. The van der Waals surface area contributed by atoms with Crippen LogP contribution in [0, 0.1) is 11.3 Å². The molecule has 12 heteroatoms. The maximum atomic E-state index is 12.8. The van der Waals surface area contributed by atoms with Gasteiger partial charge < -0.3 is 19.4 Å². The summed E-state index contributed by atoms with van der Waals surface area (Å²) in [6, 6.07) is 5.69. The summed E-state index contributed by atoms with van der Waals surface area (Å²) < 4.78 is 50.7. The van der Waals surface area contributed by atoms with Crippen molar-refractivity contribution >= 4 is 51.7 Å². The molecule has 1 aromatic carbocycles. The Bertz CT molecular complexity index is 1360. The number of hydrogen-bond acceptors (Lipinski definition) is 6. The van der Waals surface area contributed by atoms with Crippen LogP contribution in [0.15, 0.2) is 35.4 Å². The highest BCUT2D eigenvalue weighted by atomic mass is 127. The Morgan fingerprint density at radius 1 is 1.22 bits per heavy atom. The molecule has 194 valence electrons. The summed E-state index contributed by atoms with van der Waals surface area (Å²) >= 11 is 0. The summed E-state index contributed by atoms with van der Waals surface area (Å²) in [7, 11) is 1.56. The minimum absolute atomic E-state index is 0. The third kappa shape index (κ3) is 7.22. The molecule has 1 unspecified atom stereocenters. The fourth-order valence-corrected chi connectivity index (χ4v) is 3.56. The Hall–Kier alpha value is -3.08. The molecular weight excluding hydrogens is 592 g/mol. The molecule has 0 aliphatic carbocycles. The van der Waals surface area contributed by atoms with E-state index in [4.69, 9.17) is 9.47 Å². The number of nitrogens with zero attached hydrogens (tertiary/aromatic N) is 3. The number of alkyl halides is 3. The van der Waals surface area contributed by atoms with Crippen molar-refractivity contribution in [1.82, 2.24) is 14.9 Å². The Balaban J connectivity index is 0.00000456. The number of amides is 1. The molecule has 0 aliphatic rings. The van der Waals surface area contributed by atoms with Crippen LogP contribution in [-0.2, 0) is 11.8 Å². The molecule has 0 saturated carbocycles. The minimum atomic E-state index is -4.43. The van der Waals surface area contributed by atoms with Gasteiger partial charge in [-0.25, -0.2) is 4.79 Å². The molecule has 36 heavy (non-hydrogen) atoms. The van der Waals surface area contributed by atoms with Crippen LogP contribution in [-0.4, -0.2) is 40.1 Å². The summed E-state index contributed by atoms with van der Waals surface area (Å²) in [4.78, 5) is 28.9. The van der Waals surface area contributed by atoms with Crippen molar-refractivity contribution in [2.24, 2.45) is 7.05 Å². The van der Waals surface area contributed by atoms with Crippen LogP contribution < -0.4 is 15.6 Å². The summed E-state index contributed by atoms with van der Waals surface area (Å²) in [5.41, 5.74) is -0.545. The SMILES string of the molecule is Cn1c(=O)c2cnccc2c2cc(C#N)c(OCC(CCC(F)(F)F)NC(=O)OC(C)(C)C)cc21.I. The van der Waals surface area contributed by atoms with Gasteiger partial charge in [-0.05, 0) is 44.7 Å². The van der Waals surface area contributed by atoms with Crippen molar-refractivity contribution in [1.29, 1.82) is 5.26 Å². The van der Waals surface area contributed by atoms with Crippen LogP contribution in [0.1, 0.15) is 39.2 Å². The molecule has 3 rings (SSSR count). The van der Waals surface area contributed by atoms with E-state index in [1.807, 2.05) is 6.07 Å². The Kier molecular flexibility index (Phi) is 9.17. The van der Waals surface area contributed by atoms with Crippen LogP contribution in [0.2, 0.25) is 0 Å². The molecule has 0 saturated heterocycles. The number of fused-ring (bicyclic) bond motifs is 3. The largest absolute Gasteiger partial charge is 0.490 e. The Morgan fingerprint density at radius 2 is 1.92 bits per heavy atom. The molecule has 0 fully saturated rings. The van der Waals surface area contributed by atoms with Crippen LogP contribution in [0.4, 0.5) is 18.0 Å². The number of carbonyl (C=O) groups is 1. The Labute approximate surface area is 222 Å². The second-order valence-corrected chi connectivity index (χ2v) is 9.07. The smallest absolute Gasteiger partial charge is 0.407 e. The number of ether oxygens (including phenoxy) is 2. The number of aromatic nitrogens is 2. The van der Waals surface area contributed by atoms with E-state index in [1.54, 1.807) is 40.0 Å². The molecule has 2 aromatic heterocycles. The van der Waals surface area contributed by atoms with E-state index in [-0.39, 0.29) is 47.5 Å². The van der Waals surface area contributed by atoms with Gasteiger partial charge >= 0.3 is 12.3 Å². The van der Waals surface area contributed by atoms with Crippen molar-refractivity contribution in [3.63, 3.8) is 0 Å². The summed E-state index contributed by atoms with van der Waals surface area (Å²) in [5.74, 6) is 0.0754. The highest BCUT2D eigenvalue weighted by Crippen LogP contribution is 2.30. The summed E-state index contributed by atoms with van der Waals surface area (Å²) in [6.45, 7) is 4.55. The van der Waals surface area contributed by atoms with Crippen molar-refractivity contribution in [3.8, 4) is 11.8 Å². The second-order valence-electron chi connectivity index (χ2n) is 9.07. The predicted molar refractivity (Wildman–Crippen MR) is 139 cm³/mol. The number of carbonyl (C=O) groups excluding carboxylic acids is 1. The van der Waals surface area contributed by atoms with Gasteiger partial charge in [-0.1, -0.05) is 0 Å². The van der Waals surface area contributed by atoms with Crippen molar-refractivity contribution < 1.29 is 27.4 Å². The number of rotatable bonds is 6. The van der Waals surface area contributed by atoms with E-state index in [1.165, 1.54) is 23.0 Å². The third-order valence-corrected chi connectivity index (χ3v) is 5.16. The molecule has 0 spiro atoms. The number of pyridine rings is 2. The lowest BCUT2D eigenvalue weighted by molar-refractivity contribution is -0.137. The van der Waals surface area contributed by atoms with Gasteiger partial charge in [-0.3, -0.25) is 9.78 Å². The second kappa shape index (κ2) is 11.3. The zero-order chi connectivity index (χ0) is 26.0. The van der Waals surface area contributed by atoms with Crippen molar-refractivity contribution in [2.75, 3.05) is 6.61 Å². The maximum Gasteiger partial charge on any atom is 0.407 e. The lowest BCUT2D eigenvalue weighted by Crippen LogP contribution is -2.42. The third-order valence-electron chi connectivity index (χ3n) is 5.16. The number of nitrogens with one attached hydrogen (secondary N) is 1. The normalized spacial score (nSPS) is 12.5. The quantitative estimate of drug-likeness (QED) is 0.301. The highest BCUT2D eigenvalue weighted by molar-refractivity contribution is 14.0. The lowest BCUT2D eigenvalue weighted by atomic mass is 10.0. The number of nitriles is 1. The van der Waals surface area contributed by atoms with E-state index < -0.39 is 36.8 Å². The molecule has 1 N–H and O–H groups in total. The van der Waals surface area contributed by atoms with E-state index in [2.05, 4.69) is 10.3 Å². The first-order valence-electron chi connectivity index (χ1n) is 10.8. The zero-order valence-electron chi connectivity index (χ0n) is 20.1. The number of alkyl carbamates (subject to hydrolysis) is 1. The van der Waals surface area contributed by atoms with E-state index in [0.29, 0.717) is 21.7 Å². The van der Waals surface area contributed by atoms with Gasteiger partial charge in [0.15, 0.2) is 0 Å². The zero-order valence-corrected chi connectivity index (χ0v) is 22.4. The number of benzene rings is 1. The highest BCUT2D eigenvalue weighted by Gasteiger charge is 2.30. The number of halogens is 4. The molecule has 3 aromatic rings. The summed E-state index contributed by atoms with van der Waals surface area (Å²) in [6.07, 6.45) is -3.92. The molecule has 2 heterocycles. The molecule has 0 radical (unpaired) electrons. The van der Waals surface area contributed by atoms with Gasteiger partial charge in [0, 0.05) is 37.3 Å². The predicted octanol–water partition coefficient (Wildman–Crippen LogP) is 5.19. The first kappa shape index (κ1) is 29.2. The van der Waals surface area contributed by atoms with Crippen molar-refractivity contribution in [3.05, 3.63) is 46.5 Å². The van der Waals surface area contributed by atoms with E-state index >= 15 is 0 Å². The van der Waals surface area contributed by atoms with E-state index in [9.17, 15) is 28.0 Å². The Morgan fingerprint density at radius 3 is 2.53 bits per heavy atom. The van der Waals surface area contributed by atoms with Gasteiger partial charge in [-0.15, -0.1) is 24.0 Å². The number of aryl methyl sites for hydroxylation is 1. The monoisotopic (exact) mass is 618 g/mol. The van der Waals surface area contributed by atoms with Crippen LogP contribution >= 0.6 is 24.0 Å². The standard InChI is InChI=1S/C24H25F3N4O4.HI/c1-23(2,3)35-22(33)30-15(5-7-24(25,26)27)13-34-20-10-19-17(9-14(20)11-28)16-6-8-29-12-18(16)21(32)31(19)4;/h6,8-10,12,15H,5,7,13H2,1-4H3,(H,30,33);1H. The topological polar surface area (TPSA) is 106 Å². The minimum Gasteiger partial charge on any atom is -0.490 e. The van der Waals surface area contributed by atoms with Gasteiger partial charge in [-0.2, -0.15) is 18.4 Å². The van der Waals surface area contributed by atoms with Gasteiger partial charge in [0.2, 0.25) is 0 Å². The van der Waals surface area contributed by atoms with Gasteiger partial charge in [0.05, 0.1) is 22.5 Å². The first-order chi connectivity index (χ1) is 16.3. The van der Waals surface area contributed by atoms with Crippen LogP contribution in [0.5, 0.6) is 5.75 Å². The molecular formula is C24H26F3IN4O4. The first-order valence-corrected chi connectivity index (χ1v) is 10.8. The summed E-state index contributed by atoms with van der Waals surface area (Å²) in [5, 5.41) is 13.7. The number of hydrogen-bond donors (Lipinski definition) is 1. The fraction of sp³-hybridized carbons (Fsp3) is 0.417. The molecule has 8 nitrogen and oxygen atoms in total. The maximum absolute atomic E-state index is 12.8. The van der Waals surface area contributed by atoms with Gasteiger partial charge in [0.25, 0.3) is 5.56 Å². The van der Waals surface area contributed by atoms with Crippen molar-refractivity contribution in [2.45, 2.75) is 51.4 Å². The fourth-order valence-electron chi connectivity index (χ4n) is 3.56. The van der Waals surface area contributed by atoms with Crippen LogP contribution in [0.3, 0.4) is 0 Å².